The fourth-order valence-corrected chi connectivity index (χ4v) is 1.58. The normalized spacial score (nSPS) is 39.4. The van der Waals surface area contributed by atoms with E-state index in [1.807, 2.05) is 0 Å². The predicted octanol–water partition coefficient (Wildman–Crippen LogP) is -2.70. The first-order chi connectivity index (χ1) is 7.51. The Morgan fingerprint density at radius 3 is 2.38 bits per heavy atom. The van der Waals surface area contributed by atoms with Gasteiger partial charge in [0, 0.05) is 0 Å². The molecule has 16 heavy (non-hydrogen) atoms. The van der Waals surface area contributed by atoms with Gasteiger partial charge in [0.1, 0.15) is 24.4 Å². The molecule has 0 aromatic rings. The van der Waals surface area contributed by atoms with Gasteiger partial charge in [-0.3, -0.25) is 4.79 Å². The van der Waals surface area contributed by atoms with Gasteiger partial charge in [0.05, 0.1) is 11.9 Å². The highest BCUT2D eigenvalue weighted by Crippen LogP contribution is 2.19. The van der Waals surface area contributed by atoms with Gasteiger partial charge in [-0.1, -0.05) is 15.9 Å². The average molecular weight is 300 g/mol. The number of hydrogen-bond donors (Lipinski definition) is 5. The van der Waals surface area contributed by atoms with Crippen LogP contribution in [0.2, 0.25) is 0 Å². The molecular weight excluding hydrogens is 286 g/mol. The van der Waals surface area contributed by atoms with Crippen LogP contribution in [-0.2, 0) is 9.53 Å². The number of ether oxygens (including phenoxy) is 1. The van der Waals surface area contributed by atoms with E-state index >= 15 is 0 Å². The Labute approximate surface area is 100 Å². The molecule has 1 fully saturated rings. The van der Waals surface area contributed by atoms with Crippen molar-refractivity contribution in [3.63, 3.8) is 0 Å². The van der Waals surface area contributed by atoms with Gasteiger partial charge in [0.2, 0.25) is 5.91 Å². The average Bonchev–Trinajstić information content (AvgIpc) is 2.29. The number of halogens is 1. The molecule has 0 radical (unpaired) electrons. The minimum Gasteiger partial charge on any atom is -0.394 e. The van der Waals surface area contributed by atoms with Gasteiger partial charge in [-0.05, 0) is 0 Å². The Morgan fingerprint density at radius 2 is 1.88 bits per heavy atom. The molecule has 7 nitrogen and oxygen atoms in total. The van der Waals surface area contributed by atoms with Gasteiger partial charge in [-0.2, -0.15) is 0 Å². The second-order valence-electron chi connectivity index (χ2n) is 3.45. The highest BCUT2D eigenvalue weighted by Gasteiger charge is 2.43. The van der Waals surface area contributed by atoms with Crippen molar-refractivity contribution in [2.45, 2.75) is 30.6 Å². The zero-order chi connectivity index (χ0) is 12.3. The number of rotatable bonds is 3. The van der Waals surface area contributed by atoms with Gasteiger partial charge in [-0.15, -0.1) is 0 Å². The standard InChI is InChI=1S/C8H14BrNO6/c9-1-4(12)10-8-7(15)6(14)5(13)3(2-11)16-8/h3,5-8,11,13-15H,1-2H2,(H,10,12)/t3-,5-,6+,7-,8?/m1/s1. The number of alkyl halides is 1. The second kappa shape index (κ2) is 5.89. The third-order valence-corrected chi connectivity index (χ3v) is 2.83. The van der Waals surface area contributed by atoms with Crippen molar-refractivity contribution in [3.05, 3.63) is 0 Å². The molecule has 1 saturated heterocycles. The highest BCUT2D eigenvalue weighted by molar-refractivity contribution is 9.09. The zero-order valence-electron chi connectivity index (χ0n) is 8.28. The van der Waals surface area contributed by atoms with Crippen LogP contribution >= 0.6 is 15.9 Å². The zero-order valence-corrected chi connectivity index (χ0v) is 9.87. The van der Waals surface area contributed by atoms with E-state index in [2.05, 4.69) is 21.2 Å². The lowest BCUT2D eigenvalue weighted by atomic mass is 9.98. The molecular formula is C8H14BrNO6. The summed E-state index contributed by atoms with van der Waals surface area (Å²) in [5, 5.41) is 39.6. The summed E-state index contributed by atoms with van der Waals surface area (Å²) in [5.74, 6) is -0.440. The van der Waals surface area contributed by atoms with Crippen LogP contribution in [0.4, 0.5) is 0 Å². The first-order valence-corrected chi connectivity index (χ1v) is 5.79. The molecule has 0 aromatic heterocycles. The molecule has 0 aromatic carbocycles. The van der Waals surface area contributed by atoms with Gasteiger partial charge in [0.15, 0.2) is 6.23 Å². The summed E-state index contributed by atoms with van der Waals surface area (Å²) in [5.41, 5.74) is 0. The Balaban J connectivity index is 2.67. The maximum Gasteiger partial charge on any atom is 0.232 e. The van der Waals surface area contributed by atoms with Crippen molar-refractivity contribution in [2.75, 3.05) is 11.9 Å². The summed E-state index contributed by atoms with van der Waals surface area (Å²) >= 11 is 2.91. The molecule has 0 saturated carbocycles. The van der Waals surface area contributed by atoms with E-state index < -0.39 is 43.2 Å². The number of aliphatic hydroxyl groups excluding tert-OH is 4. The minimum atomic E-state index is -1.48. The minimum absolute atomic E-state index is 0.0159. The number of nitrogens with one attached hydrogen (secondary N) is 1. The monoisotopic (exact) mass is 299 g/mol. The predicted molar refractivity (Wildman–Crippen MR) is 55.7 cm³/mol. The molecule has 0 aliphatic carbocycles. The highest BCUT2D eigenvalue weighted by atomic mass is 79.9. The van der Waals surface area contributed by atoms with E-state index in [4.69, 9.17) is 9.84 Å². The molecule has 1 heterocycles. The molecule has 1 unspecified atom stereocenters. The molecule has 5 atom stereocenters. The van der Waals surface area contributed by atoms with Crippen LogP contribution in [0.25, 0.3) is 0 Å². The summed E-state index contributed by atoms with van der Waals surface area (Å²) in [6.07, 6.45) is -6.51. The lowest BCUT2D eigenvalue weighted by molar-refractivity contribution is -0.235. The summed E-state index contributed by atoms with van der Waals surface area (Å²) in [4.78, 5) is 11.1. The van der Waals surface area contributed by atoms with Gasteiger partial charge in [0.25, 0.3) is 0 Å². The van der Waals surface area contributed by atoms with E-state index in [-0.39, 0.29) is 5.33 Å². The second-order valence-corrected chi connectivity index (χ2v) is 4.01. The van der Waals surface area contributed by atoms with Crippen LogP contribution in [0.3, 0.4) is 0 Å². The van der Waals surface area contributed by atoms with Crippen LogP contribution in [0.5, 0.6) is 0 Å². The van der Waals surface area contributed by atoms with Crippen molar-refractivity contribution in [1.82, 2.24) is 5.32 Å². The lowest BCUT2D eigenvalue weighted by Crippen LogP contribution is -2.63. The third kappa shape index (κ3) is 2.90. The van der Waals surface area contributed by atoms with E-state index in [1.165, 1.54) is 0 Å². The molecule has 1 amide bonds. The van der Waals surface area contributed by atoms with E-state index in [1.54, 1.807) is 0 Å². The molecule has 0 spiro atoms. The van der Waals surface area contributed by atoms with Gasteiger partial charge >= 0.3 is 0 Å². The Hall–Kier alpha value is -0.250. The summed E-state index contributed by atoms with van der Waals surface area (Å²) in [6.45, 7) is -0.522. The molecule has 94 valence electrons. The van der Waals surface area contributed by atoms with E-state index in [0.717, 1.165) is 0 Å². The largest absolute Gasteiger partial charge is 0.394 e. The number of carbonyl (C=O) groups is 1. The van der Waals surface area contributed by atoms with Crippen molar-refractivity contribution in [1.29, 1.82) is 0 Å². The number of amides is 1. The van der Waals surface area contributed by atoms with Crippen molar-refractivity contribution >= 4 is 21.8 Å². The van der Waals surface area contributed by atoms with Crippen molar-refractivity contribution in [2.24, 2.45) is 0 Å². The van der Waals surface area contributed by atoms with Crippen LogP contribution in [-0.4, -0.2) is 68.9 Å². The first kappa shape index (κ1) is 13.8. The van der Waals surface area contributed by atoms with E-state index in [0.29, 0.717) is 0 Å². The van der Waals surface area contributed by atoms with Crippen LogP contribution in [0, 0.1) is 0 Å². The maximum atomic E-state index is 11.1. The topological polar surface area (TPSA) is 119 Å². The molecule has 0 bridgehead atoms. The van der Waals surface area contributed by atoms with Gasteiger partial charge in [-0.25, -0.2) is 0 Å². The van der Waals surface area contributed by atoms with Crippen LogP contribution < -0.4 is 5.32 Å². The fraction of sp³-hybridized carbons (Fsp3) is 0.875. The molecule has 1 rings (SSSR count). The fourth-order valence-electron chi connectivity index (χ4n) is 1.42. The summed E-state index contributed by atoms with van der Waals surface area (Å²) in [6, 6.07) is 0. The summed E-state index contributed by atoms with van der Waals surface area (Å²) in [7, 11) is 0. The quantitative estimate of drug-likeness (QED) is 0.362. The lowest BCUT2D eigenvalue weighted by Gasteiger charge is -2.40. The number of hydrogen-bond acceptors (Lipinski definition) is 6. The SMILES string of the molecule is O=C(CBr)NC1O[C@H](CO)[C@@H](O)[C@H](O)[C@H]1O. The third-order valence-electron chi connectivity index (χ3n) is 2.32. The Kier molecular flexibility index (Phi) is 5.09. The Morgan fingerprint density at radius 1 is 1.25 bits per heavy atom. The summed E-state index contributed by atoms with van der Waals surface area (Å²) < 4.78 is 5.04. The smallest absolute Gasteiger partial charge is 0.232 e. The first-order valence-electron chi connectivity index (χ1n) is 4.67. The van der Waals surface area contributed by atoms with Gasteiger partial charge < -0.3 is 30.5 Å². The maximum absolute atomic E-state index is 11.1. The van der Waals surface area contributed by atoms with Crippen LogP contribution in [0.1, 0.15) is 0 Å². The number of aliphatic hydroxyl groups is 4. The molecule has 5 N–H and O–H groups in total. The molecule has 1 aliphatic rings. The van der Waals surface area contributed by atoms with Crippen molar-refractivity contribution < 1.29 is 30.0 Å². The van der Waals surface area contributed by atoms with Crippen molar-refractivity contribution in [3.8, 4) is 0 Å². The Bertz CT molecular complexity index is 251. The number of carbonyl (C=O) groups excluding carboxylic acids is 1. The van der Waals surface area contributed by atoms with E-state index in [9.17, 15) is 20.1 Å². The van der Waals surface area contributed by atoms with Crippen LogP contribution in [0.15, 0.2) is 0 Å². The molecule has 1 aliphatic heterocycles. The molecule has 8 heteroatoms.